The van der Waals surface area contributed by atoms with Gasteiger partial charge in [-0.1, -0.05) is 77.3 Å². The Labute approximate surface area is 189 Å². The van der Waals surface area contributed by atoms with E-state index in [4.69, 9.17) is 34.8 Å². The Morgan fingerprint density at radius 3 is 2.13 bits per heavy atom. The van der Waals surface area contributed by atoms with Gasteiger partial charge in [0.1, 0.15) is 6.04 Å². The van der Waals surface area contributed by atoms with Crippen molar-refractivity contribution >= 4 is 46.7 Å². The highest BCUT2D eigenvalue weighted by Gasteiger charge is 2.31. The minimum Gasteiger partial charge on any atom is -0.480 e. The fourth-order valence-corrected chi connectivity index (χ4v) is 3.84. The van der Waals surface area contributed by atoms with Crippen molar-refractivity contribution in [2.45, 2.75) is 19.0 Å². The first-order chi connectivity index (χ1) is 14.3. The number of hydrogen-bond donors (Lipinski definition) is 1. The molecule has 0 spiro atoms. The van der Waals surface area contributed by atoms with Gasteiger partial charge in [-0.15, -0.1) is 0 Å². The van der Waals surface area contributed by atoms with Gasteiger partial charge >= 0.3 is 5.97 Å². The molecule has 0 unspecified atom stereocenters. The van der Waals surface area contributed by atoms with Crippen LogP contribution in [0.5, 0.6) is 0 Å². The second-order valence-corrected chi connectivity index (χ2v) is 8.01. The maximum Gasteiger partial charge on any atom is 0.326 e. The molecule has 1 amide bonds. The van der Waals surface area contributed by atoms with E-state index in [2.05, 4.69) is 0 Å². The number of aliphatic carboxylic acids is 1. The van der Waals surface area contributed by atoms with Gasteiger partial charge in [-0.2, -0.15) is 0 Å². The van der Waals surface area contributed by atoms with E-state index in [1.807, 2.05) is 30.3 Å². The summed E-state index contributed by atoms with van der Waals surface area (Å²) in [4.78, 5) is 26.9. The molecule has 3 rings (SSSR count). The van der Waals surface area contributed by atoms with E-state index in [0.717, 1.165) is 5.56 Å². The Hall–Kier alpha value is -2.53. The lowest BCUT2D eigenvalue weighted by Crippen LogP contribution is -2.46. The zero-order chi connectivity index (χ0) is 21.7. The van der Waals surface area contributed by atoms with Crippen LogP contribution in [0.4, 0.5) is 0 Å². The molecule has 0 radical (unpaired) electrons. The molecule has 7 heteroatoms. The van der Waals surface area contributed by atoms with Gasteiger partial charge in [-0.3, -0.25) is 4.79 Å². The molecule has 0 heterocycles. The van der Waals surface area contributed by atoms with E-state index < -0.39 is 17.9 Å². The molecule has 0 aliphatic heterocycles. The number of benzene rings is 3. The van der Waals surface area contributed by atoms with Crippen LogP contribution in [0.3, 0.4) is 0 Å². The van der Waals surface area contributed by atoms with E-state index in [1.165, 1.54) is 17.0 Å². The number of halogens is 3. The minimum absolute atomic E-state index is 0.0577. The average Bonchev–Trinajstić information content (AvgIpc) is 2.71. The quantitative estimate of drug-likeness (QED) is 0.469. The number of amides is 1. The monoisotopic (exact) mass is 461 g/mol. The third kappa shape index (κ3) is 5.54. The molecule has 0 saturated heterocycles. The number of carboxylic acid groups (broad SMARTS) is 1. The van der Waals surface area contributed by atoms with Crippen molar-refractivity contribution < 1.29 is 14.7 Å². The third-order valence-corrected chi connectivity index (χ3v) is 5.38. The third-order valence-electron chi connectivity index (χ3n) is 4.60. The Morgan fingerprint density at radius 1 is 0.833 bits per heavy atom. The molecule has 0 saturated carbocycles. The fourth-order valence-electron chi connectivity index (χ4n) is 3.14. The van der Waals surface area contributed by atoms with E-state index >= 15 is 0 Å². The van der Waals surface area contributed by atoms with E-state index in [1.54, 1.807) is 30.3 Å². The zero-order valence-electron chi connectivity index (χ0n) is 15.8. The number of hydrogen-bond acceptors (Lipinski definition) is 2. The van der Waals surface area contributed by atoms with Crippen LogP contribution in [-0.2, 0) is 17.8 Å². The highest BCUT2D eigenvalue weighted by atomic mass is 35.5. The van der Waals surface area contributed by atoms with Crippen molar-refractivity contribution in [3.05, 3.63) is 105 Å². The molecule has 1 N–H and O–H groups in total. The lowest BCUT2D eigenvalue weighted by Gasteiger charge is -2.30. The van der Waals surface area contributed by atoms with Gasteiger partial charge < -0.3 is 10.0 Å². The van der Waals surface area contributed by atoms with Crippen LogP contribution in [0.15, 0.2) is 72.8 Å². The average molecular weight is 463 g/mol. The second-order valence-electron chi connectivity index (χ2n) is 6.73. The van der Waals surface area contributed by atoms with Crippen molar-refractivity contribution in [3.8, 4) is 0 Å². The summed E-state index contributed by atoms with van der Waals surface area (Å²) in [5, 5.41) is 11.0. The molecule has 0 aromatic heterocycles. The first-order valence-electron chi connectivity index (χ1n) is 9.12. The van der Waals surface area contributed by atoms with Crippen molar-refractivity contribution in [2.75, 3.05) is 0 Å². The number of nitrogens with zero attached hydrogens (tertiary/aromatic N) is 1. The summed E-state index contributed by atoms with van der Waals surface area (Å²) in [6.45, 7) is 0.0577. The molecule has 0 aliphatic rings. The first-order valence-corrected chi connectivity index (χ1v) is 10.3. The van der Waals surface area contributed by atoms with Crippen molar-refractivity contribution in [1.82, 2.24) is 4.90 Å². The van der Waals surface area contributed by atoms with E-state index in [9.17, 15) is 14.7 Å². The molecular formula is C23H18Cl3NO3. The Morgan fingerprint density at radius 2 is 1.50 bits per heavy atom. The highest BCUT2D eigenvalue weighted by molar-refractivity contribution is 6.36. The summed E-state index contributed by atoms with van der Waals surface area (Å²) in [6.07, 6.45) is 0.147. The number of carboxylic acids is 1. The smallest absolute Gasteiger partial charge is 0.326 e. The summed E-state index contributed by atoms with van der Waals surface area (Å²) in [7, 11) is 0. The van der Waals surface area contributed by atoms with Crippen LogP contribution in [0, 0.1) is 0 Å². The van der Waals surface area contributed by atoms with E-state index in [-0.39, 0.29) is 23.6 Å². The molecule has 3 aromatic rings. The first kappa shape index (κ1) is 22.2. The summed E-state index contributed by atoms with van der Waals surface area (Å²) < 4.78 is 0. The summed E-state index contributed by atoms with van der Waals surface area (Å²) in [5.41, 5.74) is 1.69. The standard InChI is InChI=1S/C23H18Cl3NO3/c24-17-8-4-7-16(11-17)14-27(22(28)19-10-9-18(25)13-20(19)26)21(23(29)30)12-15-5-2-1-3-6-15/h1-11,13,21H,12,14H2,(H,29,30)/t21-/m0/s1. The molecule has 1 atom stereocenters. The van der Waals surface area contributed by atoms with Gasteiger partial charge in [0.05, 0.1) is 10.6 Å². The van der Waals surface area contributed by atoms with Gasteiger partial charge in [0, 0.05) is 23.0 Å². The van der Waals surface area contributed by atoms with Crippen LogP contribution in [-0.4, -0.2) is 27.9 Å². The maximum absolute atomic E-state index is 13.4. The predicted octanol–water partition coefficient (Wildman–Crippen LogP) is 5.99. The van der Waals surface area contributed by atoms with Gasteiger partial charge in [0.2, 0.25) is 0 Å². The number of rotatable bonds is 7. The van der Waals surface area contributed by atoms with Crippen LogP contribution in [0.25, 0.3) is 0 Å². The van der Waals surface area contributed by atoms with Gasteiger partial charge in [-0.05, 0) is 41.5 Å². The molecule has 3 aromatic carbocycles. The van der Waals surface area contributed by atoms with Gasteiger partial charge in [-0.25, -0.2) is 4.79 Å². The Bertz CT molecular complexity index is 1060. The molecule has 0 aliphatic carbocycles. The highest BCUT2D eigenvalue weighted by Crippen LogP contribution is 2.25. The van der Waals surface area contributed by atoms with Gasteiger partial charge in [0.15, 0.2) is 0 Å². The minimum atomic E-state index is -1.11. The lowest BCUT2D eigenvalue weighted by molar-refractivity contribution is -0.142. The van der Waals surface area contributed by atoms with Crippen LogP contribution < -0.4 is 0 Å². The molecule has 30 heavy (non-hydrogen) atoms. The Balaban J connectivity index is 2.02. The molecular weight excluding hydrogens is 445 g/mol. The second kappa shape index (κ2) is 9.98. The number of carbonyl (C=O) groups excluding carboxylic acids is 1. The van der Waals surface area contributed by atoms with Crippen molar-refractivity contribution in [3.63, 3.8) is 0 Å². The molecule has 154 valence electrons. The molecule has 4 nitrogen and oxygen atoms in total. The SMILES string of the molecule is O=C(O)[C@H](Cc1ccccc1)N(Cc1cccc(Cl)c1)C(=O)c1ccc(Cl)cc1Cl. The predicted molar refractivity (Wildman–Crippen MR) is 119 cm³/mol. The normalized spacial score (nSPS) is 11.7. The van der Waals surface area contributed by atoms with E-state index in [0.29, 0.717) is 15.6 Å². The fraction of sp³-hybridized carbons (Fsp3) is 0.130. The Kier molecular flexibility index (Phi) is 7.38. The maximum atomic E-state index is 13.4. The van der Waals surface area contributed by atoms with Crippen molar-refractivity contribution in [2.24, 2.45) is 0 Å². The lowest BCUT2D eigenvalue weighted by atomic mass is 10.0. The van der Waals surface area contributed by atoms with Gasteiger partial charge in [0.25, 0.3) is 5.91 Å². The zero-order valence-corrected chi connectivity index (χ0v) is 18.0. The largest absolute Gasteiger partial charge is 0.480 e. The summed E-state index contributed by atoms with van der Waals surface area (Å²) in [5.74, 6) is -1.61. The number of carbonyl (C=O) groups is 2. The summed E-state index contributed by atoms with van der Waals surface area (Å²) >= 11 is 18.3. The van der Waals surface area contributed by atoms with Crippen LogP contribution in [0.2, 0.25) is 15.1 Å². The topological polar surface area (TPSA) is 57.6 Å². The molecule has 0 fully saturated rings. The van der Waals surface area contributed by atoms with Crippen LogP contribution >= 0.6 is 34.8 Å². The van der Waals surface area contributed by atoms with Crippen LogP contribution in [0.1, 0.15) is 21.5 Å². The van der Waals surface area contributed by atoms with Crippen molar-refractivity contribution in [1.29, 1.82) is 0 Å². The molecule has 0 bridgehead atoms. The summed E-state index contributed by atoms with van der Waals surface area (Å²) in [6, 6.07) is 19.5.